The van der Waals surface area contributed by atoms with Crippen molar-refractivity contribution in [2.24, 2.45) is 0 Å². The molecule has 0 spiro atoms. The van der Waals surface area contributed by atoms with Crippen molar-refractivity contribution >= 4 is 5.91 Å². The van der Waals surface area contributed by atoms with Crippen LogP contribution in [0.3, 0.4) is 0 Å². The number of carbonyl (C=O) groups is 1. The van der Waals surface area contributed by atoms with Gasteiger partial charge >= 0.3 is 0 Å². The Morgan fingerprint density at radius 1 is 1.24 bits per heavy atom. The van der Waals surface area contributed by atoms with Crippen LogP contribution >= 0.6 is 0 Å². The van der Waals surface area contributed by atoms with Gasteiger partial charge in [0.1, 0.15) is 12.7 Å². The Bertz CT molecular complexity index is 1050. The van der Waals surface area contributed by atoms with Gasteiger partial charge in [0.2, 0.25) is 17.6 Å². The SMILES string of the molecule is CC(c1ccc(-n2cncn2)cc1)N(C)C(=O)CCc1nc(-c2ccco2)no1. The number of nitrogens with zero attached hydrogens (tertiary/aromatic N) is 6. The first-order valence-corrected chi connectivity index (χ1v) is 9.19. The Hall–Kier alpha value is -3.75. The lowest BCUT2D eigenvalue weighted by molar-refractivity contribution is -0.131. The van der Waals surface area contributed by atoms with Gasteiger partial charge < -0.3 is 13.8 Å². The van der Waals surface area contributed by atoms with Crippen molar-refractivity contribution in [1.29, 1.82) is 0 Å². The maximum absolute atomic E-state index is 12.6. The minimum Gasteiger partial charge on any atom is -0.461 e. The Labute approximate surface area is 167 Å². The van der Waals surface area contributed by atoms with Crippen LogP contribution in [0.5, 0.6) is 0 Å². The average Bonchev–Trinajstić information content (AvgIpc) is 3.52. The van der Waals surface area contributed by atoms with Crippen LogP contribution in [0.4, 0.5) is 0 Å². The fourth-order valence-electron chi connectivity index (χ4n) is 2.94. The van der Waals surface area contributed by atoms with E-state index in [1.807, 2.05) is 31.2 Å². The first-order valence-electron chi connectivity index (χ1n) is 9.19. The summed E-state index contributed by atoms with van der Waals surface area (Å²) in [6, 6.07) is 11.3. The second-order valence-electron chi connectivity index (χ2n) is 6.60. The zero-order chi connectivity index (χ0) is 20.2. The van der Waals surface area contributed by atoms with Crippen molar-refractivity contribution < 1.29 is 13.7 Å². The fourth-order valence-corrected chi connectivity index (χ4v) is 2.94. The van der Waals surface area contributed by atoms with Crippen LogP contribution in [-0.4, -0.2) is 42.8 Å². The molecule has 4 aromatic rings. The van der Waals surface area contributed by atoms with Crippen molar-refractivity contribution in [3.63, 3.8) is 0 Å². The molecule has 148 valence electrons. The van der Waals surface area contributed by atoms with E-state index in [2.05, 4.69) is 20.2 Å². The van der Waals surface area contributed by atoms with Gasteiger partial charge in [-0.25, -0.2) is 9.67 Å². The van der Waals surface area contributed by atoms with Crippen LogP contribution in [0.1, 0.15) is 30.8 Å². The van der Waals surface area contributed by atoms with Gasteiger partial charge in [0.15, 0.2) is 5.76 Å². The van der Waals surface area contributed by atoms with Gasteiger partial charge in [-0.15, -0.1) is 0 Å². The molecular formula is C20H20N6O3. The van der Waals surface area contributed by atoms with Crippen molar-refractivity contribution in [1.82, 2.24) is 29.8 Å². The molecule has 4 rings (SSSR count). The van der Waals surface area contributed by atoms with E-state index in [1.54, 1.807) is 41.4 Å². The Morgan fingerprint density at radius 2 is 2.07 bits per heavy atom. The van der Waals surface area contributed by atoms with Crippen LogP contribution in [0.2, 0.25) is 0 Å². The lowest BCUT2D eigenvalue weighted by atomic mass is 10.1. The molecule has 1 atom stereocenters. The number of rotatable bonds is 7. The molecule has 9 nitrogen and oxygen atoms in total. The molecule has 1 aromatic carbocycles. The van der Waals surface area contributed by atoms with Gasteiger partial charge in [-0.3, -0.25) is 4.79 Å². The van der Waals surface area contributed by atoms with Crippen molar-refractivity contribution in [3.8, 4) is 17.3 Å². The molecule has 0 N–H and O–H groups in total. The van der Waals surface area contributed by atoms with E-state index in [4.69, 9.17) is 8.94 Å². The number of furan rings is 1. The molecule has 9 heteroatoms. The number of hydrogen-bond donors (Lipinski definition) is 0. The molecule has 3 aromatic heterocycles. The molecule has 29 heavy (non-hydrogen) atoms. The summed E-state index contributed by atoms with van der Waals surface area (Å²) in [6.45, 7) is 1.99. The molecular weight excluding hydrogens is 372 g/mol. The third-order valence-electron chi connectivity index (χ3n) is 4.80. The number of amides is 1. The first kappa shape index (κ1) is 18.6. The van der Waals surface area contributed by atoms with Crippen molar-refractivity contribution in [2.45, 2.75) is 25.8 Å². The third kappa shape index (κ3) is 4.08. The van der Waals surface area contributed by atoms with Crippen LogP contribution in [-0.2, 0) is 11.2 Å². The standard InChI is InChI=1S/C20H20N6O3/c1-14(15-5-7-16(8-6-15)26-13-21-12-22-26)25(2)19(27)10-9-18-23-20(24-29-18)17-4-3-11-28-17/h3-8,11-14H,9-10H2,1-2H3. The summed E-state index contributed by atoms with van der Waals surface area (Å²) < 4.78 is 12.1. The van der Waals surface area contributed by atoms with Crippen molar-refractivity contribution in [3.05, 3.63) is 66.8 Å². The highest BCUT2D eigenvalue weighted by atomic mass is 16.5. The van der Waals surface area contributed by atoms with E-state index in [-0.39, 0.29) is 18.4 Å². The molecule has 0 aliphatic carbocycles. The number of benzene rings is 1. The first-order chi connectivity index (χ1) is 14.1. The number of aryl methyl sites for hydroxylation is 1. The zero-order valence-electron chi connectivity index (χ0n) is 16.1. The van der Waals surface area contributed by atoms with Crippen LogP contribution < -0.4 is 0 Å². The molecule has 0 aliphatic rings. The van der Waals surface area contributed by atoms with Gasteiger partial charge in [0.25, 0.3) is 0 Å². The summed E-state index contributed by atoms with van der Waals surface area (Å²) in [7, 11) is 1.79. The maximum Gasteiger partial charge on any atom is 0.238 e. The van der Waals surface area contributed by atoms with Gasteiger partial charge in [0, 0.05) is 19.9 Å². The summed E-state index contributed by atoms with van der Waals surface area (Å²) in [5, 5.41) is 7.99. The number of hydrogen-bond acceptors (Lipinski definition) is 7. The van der Waals surface area contributed by atoms with Gasteiger partial charge in [0.05, 0.1) is 18.0 Å². The summed E-state index contributed by atoms with van der Waals surface area (Å²) >= 11 is 0. The third-order valence-corrected chi connectivity index (χ3v) is 4.80. The highest BCUT2D eigenvalue weighted by Crippen LogP contribution is 2.22. The quantitative estimate of drug-likeness (QED) is 0.476. The van der Waals surface area contributed by atoms with E-state index in [1.165, 1.54) is 6.33 Å². The van der Waals surface area contributed by atoms with Gasteiger partial charge in [-0.2, -0.15) is 10.1 Å². The predicted molar refractivity (Wildman–Crippen MR) is 103 cm³/mol. The Kier molecular flexibility index (Phi) is 5.19. The molecule has 1 unspecified atom stereocenters. The summed E-state index contributed by atoms with van der Waals surface area (Å²) in [5.74, 6) is 1.32. The molecule has 0 saturated heterocycles. The Morgan fingerprint density at radius 3 is 2.76 bits per heavy atom. The highest BCUT2D eigenvalue weighted by Gasteiger charge is 2.19. The monoisotopic (exact) mass is 392 g/mol. The molecule has 0 saturated carbocycles. The van der Waals surface area contributed by atoms with Crippen LogP contribution in [0.15, 0.2) is 64.3 Å². The lowest BCUT2D eigenvalue weighted by Gasteiger charge is -2.25. The van der Waals surface area contributed by atoms with E-state index in [0.29, 0.717) is 23.9 Å². The summed E-state index contributed by atoms with van der Waals surface area (Å²) in [6.07, 6.45) is 5.32. The maximum atomic E-state index is 12.6. The lowest BCUT2D eigenvalue weighted by Crippen LogP contribution is -2.29. The average molecular weight is 392 g/mol. The highest BCUT2D eigenvalue weighted by molar-refractivity contribution is 5.76. The normalized spacial score (nSPS) is 12.1. The van der Waals surface area contributed by atoms with Gasteiger partial charge in [-0.1, -0.05) is 17.3 Å². The largest absolute Gasteiger partial charge is 0.461 e. The fraction of sp³-hybridized carbons (Fsp3) is 0.250. The predicted octanol–water partition coefficient (Wildman–Crippen LogP) is 3.06. The molecule has 0 bridgehead atoms. The zero-order valence-corrected chi connectivity index (χ0v) is 16.1. The Balaban J connectivity index is 1.35. The molecule has 1 amide bonds. The van der Waals surface area contributed by atoms with Gasteiger partial charge in [-0.05, 0) is 36.8 Å². The van der Waals surface area contributed by atoms with E-state index in [0.717, 1.165) is 11.3 Å². The second-order valence-corrected chi connectivity index (χ2v) is 6.60. The van der Waals surface area contributed by atoms with E-state index >= 15 is 0 Å². The molecule has 0 radical (unpaired) electrons. The topological polar surface area (TPSA) is 103 Å². The molecule has 0 fully saturated rings. The number of aromatic nitrogens is 5. The van der Waals surface area contributed by atoms with Crippen LogP contribution in [0.25, 0.3) is 17.3 Å². The number of carbonyl (C=O) groups excluding carboxylic acids is 1. The minimum absolute atomic E-state index is 0.00407. The summed E-state index contributed by atoms with van der Waals surface area (Å²) in [5.41, 5.74) is 1.94. The summed E-state index contributed by atoms with van der Waals surface area (Å²) in [4.78, 5) is 22.5. The smallest absolute Gasteiger partial charge is 0.238 e. The molecule has 0 aliphatic heterocycles. The second kappa shape index (κ2) is 8.09. The van der Waals surface area contributed by atoms with E-state index in [9.17, 15) is 4.79 Å². The van der Waals surface area contributed by atoms with Crippen molar-refractivity contribution in [2.75, 3.05) is 7.05 Å². The molecule has 3 heterocycles. The minimum atomic E-state index is -0.0753. The van der Waals surface area contributed by atoms with E-state index < -0.39 is 0 Å². The van der Waals surface area contributed by atoms with Crippen LogP contribution in [0, 0.1) is 0 Å².